The van der Waals surface area contributed by atoms with Crippen molar-refractivity contribution in [1.82, 2.24) is 0 Å². The molecule has 0 bridgehead atoms. The molecule has 17 heavy (non-hydrogen) atoms. The summed E-state index contributed by atoms with van der Waals surface area (Å²) in [5.41, 5.74) is -0.940. The van der Waals surface area contributed by atoms with Gasteiger partial charge in [-0.15, -0.1) is 0 Å². The van der Waals surface area contributed by atoms with E-state index in [0.29, 0.717) is 12.7 Å². The second-order valence-electron chi connectivity index (χ2n) is 4.04. The third-order valence-corrected chi connectivity index (χ3v) is 2.76. The third-order valence-electron chi connectivity index (χ3n) is 2.76. The molecule has 1 rings (SSSR count). The number of alkyl halides is 3. The lowest BCUT2D eigenvalue weighted by molar-refractivity contribution is -0.161. The molecule has 1 aliphatic heterocycles. The van der Waals surface area contributed by atoms with E-state index in [2.05, 4.69) is 0 Å². The van der Waals surface area contributed by atoms with Crippen LogP contribution in [-0.4, -0.2) is 24.4 Å². The maximum atomic E-state index is 12.7. The zero-order valence-electron chi connectivity index (χ0n) is 9.88. The Morgan fingerprint density at radius 2 is 2.12 bits per heavy atom. The topological polar surface area (TPSA) is 35.5 Å². The van der Waals surface area contributed by atoms with Crippen LogP contribution in [-0.2, 0) is 14.3 Å². The molecule has 0 amide bonds. The minimum atomic E-state index is -4.55. The van der Waals surface area contributed by atoms with Crippen LogP contribution >= 0.6 is 0 Å². The first-order chi connectivity index (χ1) is 7.77. The maximum Gasteiger partial charge on any atom is 0.419 e. The van der Waals surface area contributed by atoms with E-state index < -0.39 is 29.7 Å². The fourth-order valence-corrected chi connectivity index (χ4v) is 1.88. The summed E-state index contributed by atoms with van der Waals surface area (Å²) < 4.78 is 47.9. The van der Waals surface area contributed by atoms with E-state index in [9.17, 15) is 18.0 Å². The largest absolute Gasteiger partial charge is 0.497 e. The van der Waals surface area contributed by atoms with Crippen LogP contribution < -0.4 is 0 Å². The Bertz CT molecular complexity index is 322. The lowest BCUT2D eigenvalue weighted by Crippen LogP contribution is -2.42. The Kier molecular flexibility index (Phi) is 4.06. The summed E-state index contributed by atoms with van der Waals surface area (Å²) in [6.45, 7) is 4.48. The highest BCUT2D eigenvalue weighted by molar-refractivity contribution is 5.66. The van der Waals surface area contributed by atoms with Crippen LogP contribution in [0.5, 0.6) is 0 Å². The van der Waals surface area contributed by atoms with E-state index in [1.807, 2.05) is 0 Å². The van der Waals surface area contributed by atoms with Gasteiger partial charge in [0.15, 0.2) is 0 Å². The van der Waals surface area contributed by atoms with Crippen molar-refractivity contribution >= 4 is 5.97 Å². The number of rotatable bonds is 2. The van der Waals surface area contributed by atoms with Gasteiger partial charge < -0.3 is 9.47 Å². The molecule has 3 nitrogen and oxygen atoms in total. The number of esters is 1. The van der Waals surface area contributed by atoms with E-state index in [1.165, 1.54) is 0 Å². The van der Waals surface area contributed by atoms with Crippen molar-refractivity contribution in [3.05, 3.63) is 11.8 Å². The van der Waals surface area contributed by atoms with Crippen LogP contribution in [0.2, 0.25) is 0 Å². The van der Waals surface area contributed by atoms with Crippen molar-refractivity contribution in [1.29, 1.82) is 0 Å². The molecular weight excluding hydrogens is 237 g/mol. The average molecular weight is 252 g/mol. The van der Waals surface area contributed by atoms with Gasteiger partial charge >= 0.3 is 12.1 Å². The van der Waals surface area contributed by atoms with Gasteiger partial charge in [0.25, 0.3) is 0 Å². The molecule has 98 valence electrons. The zero-order chi connectivity index (χ0) is 13.2. The van der Waals surface area contributed by atoms with Crippen LogP contribution in [0.4, 0.5) is 13.2 Å². The molecule has 0 aromatic carbocycles. The van der Waals surface area contributed by atoms with E-state index in [4.69, 9.17) is 9.47 Å². The Morgan fingerprint density at radius 3 is 2.53 bits per heavy atom. The molecule has 0 aliphatic carbocycles. The summed E-state index contributed by atoms with van der Waals surface area (Å²) in [7, 11) is 0. The van der Waals surface area contributed by atoms with Gasteiger partial charge in [-0.1, -0.05) is 13.8 Å². The molecule has 6 heteroatoms. The SMILES string of the molecule is CC[C@H]1OC=C(C(F)(F)F)C(OC(C)=O)[C@H]1C. The maximum absolute atomic E-state index is 12.7. The van der Waals surface area contributed by atoms with Crippen molar-refractivity contribution in [2.75, 3.05) is 0 Å². The fraction of sp³-hybridized carbons (Fsp3) is 0.727. The molecule has 0 radical (unpaired) electrons. The Morgan fingerprint density at radius 1 is 1.53 bits per heavy atom. The van der Waals surface area contributed by atoms with Crippen molar-refractivity contribution in [2.45, 2.75) is 45.6 Å². The second kappa shape index (κ2) is 4.98. The molecule has 0 spiro atoms. The summed E-state index contributed by atoms with van der Waals surface area (Å²) in [5.74, 6) is -1.25. The molecule has 1 heterocycles. The Balaban J connectivity index is 3.01. The number of carbonyl (C=O) groups is 1. The lowest BCUT2D eigenvalue weighted by atomic mass is 9.89. The van der Waals surface area contributed by atoms with Crippen molar-refractivity contribution < 1.29 is 27.4 Å². The van der Waals surface area contributed by atoms with Crippen LogP contribution in [0.15, 0.2) is 11.8 Å². The van der Waals surface area contributed by atoms with Gasteiger partial charge in [0.2, 0.25) is 0 Å². The first-order valence-corrected chi connectivity index (χ1v) is 5.37. The minimum Gasteiger partial charge on any atom is -0.497 e. The predicted molar refractivity (Wildman–Crippen MR) is 54.0 cm³/mol. The van der Waals surface area contributed by atoms with Crippen molar-refractivity contribution in [3.8, 4) is 0 Å². The number of ether oxygens (including phenoxy) is 2. The van der Waals surface area contributed by atoms with Gasteiger partial charge in [-0.05, 0) is 6.42 Å². The molecule has 0 saturated heterocycles. The van der Waals surface area contributed by atoms with E-state index in [1.54, 1.807) is 13.8 Å². The summed E-state index contributed by atoms with van der Waals surface area (Å²) in [6.07, 6.45) is -4.98. The van der Waals surface area contributed by atoms with Gasteiger partial charge in [0.05, 0.1) is 6.26 Å². The lowest BCUT2D eigenvalue weighted by Gasteiger charge is -2.35. The molecular formula is C11H15F3O3. The Hall–Kier alpha value is -1.20. The molecule has 3 atom stereocenters. The molecule has 0 fully saturated rings. The second-order valence-corrected chi connectivity index (χ2v) is 4.04. The quantitative estimate of drug-likeness (QED) is 0.709. The monoisotopic (exact) mass is 252 g/mol. The smallest absolute Gasteiger partial charge is 0.419 e. The summed E-state index contributed by atoms with van der Waals surface area (Å²) >= 11 is 0. The molecule has 0 saturated carbocycles. The van der Waals surface area contributed by atoms with Crippen LogP contribution in [0.3, 0.4) is 0 Å². The number of hydrogen-bond donors (Lipinski definition) is 0. The van der Waals surface area contributed by atoms with E-state index >= 15 is 0 Å². The highest BCUT2D eigenvalue weighted by Crippen LogP contribution is 2.38. The third kappa shape index (κ3) is 3.14. The normalized spacial score (nSPS) is 29.3. The summed E-state index contributed by atoms with van der Waals surface area (Å²) in [4.78, 5) is 10.9. The van der Waals surface area contributed by atoms with Crippen LogP contribution in [0.1, 0.15) is 27.2 Å². The van der Waals surface area contributed by atoms with Crippen molar-refractivity contribution in [2.24, 2.45) is 5.92 Å². The van der Waals surface area contributed by atoms with Crippen molar-refractivity contribution in [3.63, 3.8) is 0 Å². The minimum absolute atomic E-state index is 0.370. The van der Waals surface area contributed by atoms with Gasteiger partial charge in [0, 0.05) is 12.8 Å². The van der Waals surface area contributed by atoms with E-state index in [0.717, 1.165) is 6.92 Å². The molecule has 0 N–H and O–H groups in total. The number of hydrogen-bond acceptors (Lipinski definition) is 3. The predicted octanol–water partition coefficient (Wildman–Crippen LogP) is 2.81. The fourth-order valence-electron chi connectivity index (χ4n) is 1.88. The highest BCUT2D eigenvalue weighted by atomic mass is 19.4. The Labute approximate surface area is 97.6 Å². The molecule has 1 unspecified atom stereocenters. The number of halogens is 3. The number of carbonyl (C=O) groups excluding carboxylic acids is 1. The van der Waals surface area contributed by atoms with E-state index in [-0.39, 0.29) is 6.10 Å². The first kappa shape index (κ1) is 13.9. The highest BCUT2D eigenvalue weighted by Gasteiger charge is 2.47. The van der Waals surface area contributed by atoms with Crippen LogP contribution in [0, 0.1) is 5.92 Å². The van der Waals surface area contributed by atoms with Gasteiger partial charge in [0.1, 0.15) is 17.8 Å². The average Bonchev–Trinajstić information content (AvgIpc) is 2.18. The molecule has 1 aliphatic rings. The van der Waals surface area contributed by atoms with Gasteiger partial charge in [-0.2, -0.15) is 13.2 Å². The molecule has 0 aromatic rings. The summed E-state index contributed by atoms with van der Waals surface area (Å²) in [5, 5.41) is 0. The molecule has 0 aromatic heterocycles. The first-order valence-electron chi connectivity index (χ1n) is 5.37. The van der Waals surface area contributed by atoms with Gasteiger partial charge in [-0.3, -0.25) is 4.79 Å². The zero-order valence-corrected chi connectivity index (χ0v) is 9.88. The van der Waals surface area contributed by atoms with Crippen LogP contribution in [0.25, 0.3) is 0 Å². The standard InChI is InChI=1S/C11H15F3O3/c1-4-9-6(2)10(17-7(3)15)8(5-16-9)11(12,13)14/h5-6,9-10H,4H2,1-3H3/t6-,9+,10?/m0/s1. The van der Waals surface area contributed by atoms with Gasteiger partial charge in [-0.25, -0.2) is 0 Å². The summed E-state index contributed by atoms with van der Waals surface area (Å²) in [6, 6.07) is 0.